The Kier molecular flexibility index (Phi) is 2.72. The minimum absolute atomic E-state index is 0.0385. The number of hydrogen-bond acceptors (Lipinski definition) is 2. The summed E-state index contributed by atoms with van der Waals surface area (Å²) >= 11 is 5.60. The third kappa shape index (κ3) is 2.32. The highest BCUT2D eigenvalue weighted by Gasteiger charge is 2.11. The predicted molar refractivity (Wildman–Crippen MR) is 47.2 cm³/mol. The van der Waals surface area contributed by atoms with Crippen LogP contribution in [0.4, 0.5) is 10.1 Å². The lowest BCUT2D eigenvalue weighted by Gasteiger charge is -2.03. The number of rotatable bonds is 2. The molecule has 0 radical (unpaired) electrons. The summed E-state index contributed by atoms with van der Waals surface area (Å²) in [6, 6.07) is 2.37. The molecule has 3 nitrogen and oxygen atoms in total. The van der Waals surface area contributed by atoms with Gasteiger partial charge in [-0.05, 0) is 12.1 Å². The Hall–Kier alpha value is -1.29. The van der Waals surface area contributed by atoms with Crippen molar-refractivity contribution < 1.29 is 14.3 Å². The first-order valence-corrected chi connectivity index (χ1v) is 3.83. The fourth-order valence-electron chi connectivity index (χ4n) is 0.943. The lowest BCUT2D eigenvalue weighted by molar-refractivity contribution is -0.136. The first kappa shape index (κ1) is 9.80. The standard InChI is InChI=1S/C8H7ClFNO2/c9-6-1-4(11)2-7(10)5(6)3-8(12)13/h1-2H,3,11H2,(H,12,13). The van der Waals surface area contributed by atoms with E-state index in [2.05, 4.69) is 0 Å². The van der Waals surface area contributed by atoms with Gasteiger partial charge in [-0.1, -0.05) is 11.6 Å². The molecular formula is C8H7ClFNO2. The van der Waals surface area contributed by atoms with Gasteiger partial charge in [0.25, 0.3) is 0 Å². The van der Waals surface area contributed by atoms with Crippen LogP contribution in [0.25, 0.3) is 0 Å². The Labute approximate surface area is 78.9 Å². The molecule has 0 fully saturated rings. The molecule has 0 bridgehead atoms. The van der Waals surface area contributed by atoms with Crippen LogP contribution in [0.3, 0.4) is 0 Å². The molecule has 0 unspecified atom stereocenters. The summed E-state index contributed by atoms with van der Waals surface area (Å²) in [5, 5.41) is 8.47. The normalized spacial score (nSPS) is 10.0. The van der Waals surface area contributed by atoms with E-state index in [1.54, 1.807) is 0 Å². The van der Waals surface area contributed by atoms with E-state index in [4.69, 9.17) is 22.4 Å². The van der Waals surface area contributed by atoms with E-state index in [1.807, 2.05) is 0 Å². The Morgan fingerprint density at radius 2 is 2.23 bits per heavy atom. The van der Waals surface area contributed by atoms with Gasteiger partial charge in [-0.2, -0.15) is 0 Å². The topological polar surface area (TPSA) is 63.3 Å². The molecule has 70 valence electrons. The second-order valence-corrected chi connectivity index (χ2v) is 2.94. The van der Waals surface area contributed by atoms with Crippen LogP contribution in [0.2, 0.25) is 5.02 Å². The van der Waals surface area contributed by atoms with Crippen molar-refractivity contribution in [1.29, 1.82) is 0 Å². The van der Waals surface area contributed by atoms with Gasteiger partial charge in [0.2, 0.25) is 0 Å². The molecule has 0 spiro atoms. The fraction of sp³-hybridized carbons (Fsp3) is 0.125. The molecule has 0 aliphatic rings. The van der Waals surface area contributed by atoms with Crippen molar-refractivity contribution in [2.45, 2.75) is 6.42 Å². The third-order valence-corrected chi connectivity index (χ3v) is 1.83. The molecule has 0 aliphatic heterocycles. The van der Waals surface area contributed by atoms with Gasteiger partial charge in [0.15, 0.2) is 0 Å². The van der Waals surface area contributed by atoms with Crippen molar-refractivity contribution in [1.82, 2.24) is 0 Å². The molecule has 0 aliphatic carbocycles. The number of carboxylic acid groups (broad SMARTS) is 1. The molecule has 0 amide bonds. The zero-order valence-corrected chi connectivity index (χ0v) is 7.31. The number of nitrogen functional groups attached to an aromatic ring is 1. The van der Waals surface area contributed by atoms with E-state index < -0.39 is 18.2 Å². The minimum Gasteiger partial charge on any atom is -0.481 e. The molecule has 0 saturated carbocycles. The van der Waals surface area contributed by atoms with Crippen molar-refractivity contribution in [3.8, 4) is 0 Å². The number of hydrogen-bond donors (Lipinski definition) is 2. The van der Waals surface area contributed by atoms with Crippen LogP contribution >= 0.6 is 11.6 Å². The SMILES string of the molecule is Nc1cc(F)c(CC(=O)O)c(Cl)c1. The Balaban J connectivity index is 3.13. The Morgan fingerprint density at radius 1 is 1.62 bits per heavy atom. The molecule has 0 aromatic heterocycles. The molecule has 1 rings (SSSR count). The van der Waals surface area contributed by atoms with Crippen molar-refractivity contribution in [2.24, 2.45) is 0 Å². The molecule has 0 saturated heterocycles. The van der Waals surface area contributed by atoms with E-state index in [1.165, 1.54) is 6.07 Å². The summed E-state index contributed by atoms with van der Waals surface area (Å²) in [7, 11) is 0. The van der Waals surface area contributed by atoms with Gasteiger partial charge in [-0.15, -0.1) is 0 Å². The first-order chi connectivity index (χ1) is 6.00. The zero-order chi connectivity index (χ0) is 10.0. The highest BCUT2D eigenvalue weighted by atomic mass is 35.5. The number of halogens is 2. The van der Waals surface area contributed by atoms with Crippen LogP contribution in [-0.2, 0) is 11.2 Å². The van der Waals surface area contributed by atoms with Crippen molar-refractivity contribution in [3.05, 3.63) is 28.5 Å². The smallest absolute Gasteiger partial charge is 0.307 e. The second kappa shape index (κ2) is 3.62. The van der Waals surface area contributed by atoms with Gasteiger partial charge < -0.3 is 10.8 Å². The van der Waals surface area contributed by atoms with Gasteiger partial charge >= 0.3 is 5.97 Å². The van der Waals surface area contributed by atoms with E-state index in [0.29, 0.717) is 0 Å². The Bertz CT molecular complexity index is 331. The summed E-state index contributed by atoms with van der Waals surface area (Å²) < 4.78 is 13.0. The van der Waals surface area contributed by atoms with E-state index in [-0.39, 0.29) is 16.3 Å². The average molecular weight is 204 g/mol. The third-order valence-electron chi connectivity index (χ3n) is 1.49. The second-order valence-electron chi connectivity index (χ2n) is 2.53. The molecule has 0 heterocycles. The maximum atomic E-state index is 13.0. The maximum absolute atomic E-state index is 13.0. The number of nitrogens with two attached hydrogens (primary N) is 1. The van der Waals surface area contributed by atoms with Gasteiger partial charge in [-0.3, -0.25) is 4.79 Å². The molecule has 1 aromatic rings. The van der Waals surface area contributed by atoms with E-state index >= 15 is 0 Å². The van der Waals surface area contributed by atoms with Gasteiger partial charge in [0, 0.05) is 16.3 Å². The monoisotopic (exact) mass is 203 g/mol. The van der Waals surface area contributed by atoms with Gasteiger partial charge in [0.05, 0.1) is 6.42 Å². The summed E-state index contributed by atoms with van der Waals surface area (Å²) in [6.45, 7) is 0. The first-order valence-electron chi connectivity index (χ1n) is 3.46. The molecule has 0 atom stereocenters. The highest BCUT2D eigenvalue weighted by molar-refractivity contribution is 6.31. The molecule has 3 N–H and O–H groups in total. The largest absolute Gasteiger partial charge is 0.481 e. The zero-order valence-electron chi connectivity index (χ0n) is 6.55. The molecule has 13 heavy (non-hydrogen) atoms. The molecule has 5 heteroatoms. The van der Waals surface area contributed by atoms with E-state index in [9.17, 15) is 9.18 Å². The summed E-state index contributed by atoms with van der Waals surface area (Å²) in [6.07, 6.45) is -0.440. The van der Waals surface area contributed by atoms with Crippen molar-refractivity contribution >= 4 is 23.3 Å². The summed E-state index contributed by atoms with van der Waals surface area (Å²) in [5.41, 5.74) is 5.43. The lowest BCUT2D eigenvalue weighted by atomic mass is 10.1. The minimum atomic E-state index is -1.13. The molecular weight excluding hydrogens is 197 g/mol. The van der Waals surface area contributed by atoms with Gasteiger partial charge in [-0.25, -0.2) is 4.39 Å². The predicted octanol–water partition coefficient (Wildman–Crippen LogP) is 1.69. The lowest BCUT2D eigenvalue weighted by Crippen LogP contribution is -2.04. The number of anilines is 1. The Morgan fingerprint density at radius 3 is 2.69 bits per heavy atom. The highest BCUT2D eigenvalue weighted by Crippen LogP contribution is 2.23. The number of carboxylic acids is 1. The van der Waals surface area contributed by atoms with Crippen LogP contribution in [0.1, 0.15) is 5.56 Å². The fourth-order valence-corrected chi connectivity index (χ4v) is 1.23. The average Bonchev–Trinajstić information content (AvgIpc) is 1.96. The number of carbonyl (C=O) groups is 1. The van der Waals surface area contributed by atoms with Crippen LogP contribution in [0.15, 0.2) is 12.1 Å². The van der Waals surface area contributed by atoms with Crippen molar-refractivity contribution in [2.75, 3.05) is 5.73 Å². The summed E-state index contributed by atoms with van der Waals surface area (Å²) in [4.78, 5) is 10.3. The maximum Gasteiger partial charge on any atom is 0.307 e. The molecule has 1 aromatic carbocycles. The quantitative estimate of drug-likeness (QED) is 0.719. The van der Waals surface area contributed by atoms with Gasteiger partial charge in [0.1, 0.15) is 5.82 Å². The van der Waals surface area contributed by atoms with Crippen molar-refractivity contribution in [3.63, 3.8) is 0 Å². The van der Waals surface area contributed by atoms with Crippen LogP contribution in [0, 0.1) is 5.82 Å². The van der Waals surface area contributed by atoms with Crippen LogP contribution in [-0.4, -0.2) is 11.1 Å². The number of benzene rings is 1. The number of aliphatic carboxylic acids is 1. The van der Waals surface area contributed by atoms with E-state index in [0.717, 1.165) is 6.07 Å². The van der Waals surface area contributed by atoms with Crippen LogP contribution in [0.5, 0.6) is 0 Å². The van der Waals surface area contributed by atoms with Crippen LogP contribution < -0.4 is 5.73 Å². The summed E-state index contributed by atoms with van der Waals surface area (Å²) in [5.74, 6) is -1.82.